The fourth-order valence-electron chi connectivity index (χ4n) is 8.83. The van der Waals surface area contributed by atoms with Gasteiger partial charge in [0.2, 0.25) is 23.6 Å². The second-order valence-corrected chi connectivity index (χ2v) is 18.3. The standard InChI is InChI=1S/C47H61Cl3N8O8/c1-58-41(60)27-37(43(58)30-5-2-17-52-28-30)46(62)54-20-24-66-34-13-11-33(12-14-34)65-22-3-6-40(59)56-32-9-7-29(8-10-32)45(61)53-18-4-21-64-23-19-55-47(63)39-16-15-35(44(51)57-39)36-25-31(48)26-38(49)42(36)50/h2,5,15-17,25-26,28-29,32-34,37,43H,3-4,6-14,18-24,27H2,1H3,(H2,51,57)(H,53,61)(H,54,62)(H,55,63)(H,56,59)/t29?,32?,33?,34?,37-,43+/m0/s1. The quantitative estimate of drug-likeness (QED) is 0.0575. The normalized spacial score (nSPS) is 21.9. The number of benzene rings is 1. The maximum Gasteiger partial charge on any atom is 0.270 e. The molecule has 358 valence electrons. The highest BCUT2D eigenvalue weighted by atomic mass is 35.5. The zero-order valence-electron chi connectivity index (χ0n) is 37.3. The lowest BCUT2D eigenvalue weighted by molar-refractivity contribution is -0.128. The number of nitrogen functional groups attached to an aromatic ring is 1. The fraction of sp³-hybridized carbons (Fsp3) is 0.553. The van der Waals surface area contributed by atoms with Crippen molar-refractivity contribution in [1.82, 2.24) is 36.1 Å². The number of amides is 5. The second-order valence-electron chi connectivity index (χ2n) is 17.1. The van der Waals surface area contributed by atoms with Crippen molar-refractivity contribution in [3.8, 4) is 11.1 Å². The Morgan fingerprint density at radius 2 is 1.52 bits per heavy atom. The van der Waals surface area contributed by atoms with E-state index in [4.69, 9.17) is 54.7 Å². The van der Waals surface area contributed by atoms with Crippen molar-refractivity contribution in [2.75, 3.05) is 58.8 Å². The molecule has 2 aliphatic carbocycles. The number of rotatable bonds is 22. The van der Waals surface area contributed by atoms with Gasteiger partial charge in [-0.05, 0) is 100 Å². The molecule has 3 aromatic rings. The van der Waals surface area contributed by atoms with Crippen LogP contribution in [0.4, 0.5) is 5.82 Å². The number of nitrogens with two attached hydrogens (primary N) is 1. The van der Waals surface area contributed by atoms with E-state index in [2.05, 4.69) is 31.2 Å². The van der Waals surface area contributed by atoms with E-state index in [0.717, 1.165) is 56.9 Å². The van der Waals surface area contributed by atoms with Crippen LogP contribution in [0, 0.1) is 11.8 Å². The molecule has 5 amide bonds. The first kappa shape index (κ1) is 50.8. The summed E-state index contributed by atoms with van der Waals surface area (Å²) in [6.45, 7) is 2.76. The molecule has 19 heteroatoms. The molecule has 2 atom stereocenters. The van der Waals surface area contributed by atoms with Crippen molar-refractivity contribution < 1.29 is 38.2 Å². The third-order valence-electron chi connectivity index (χ3n) is 12.4. The largest absolute Gasteiger partial charge is 0.383 e. The molecule has 0 radical (unpaired) electrons. The molecule has 0 bridgehead atoms. The molecule has 6 rings (SSSR count). The lowest BCUT2D eigenvalue weighted by Gasteiger charge is -2.29. The lowest BCUT2D eigenvalue weighted by Crippen LogP contribution is -2.41. The Bertz CT molecular complexity index is 2120. The SMILES string of the molecule is CN1C(=O)C[C@H](C(=O)NCCOC2CCC(OCCCC(=O)NC3CCC(C(=O)NCCCOCCNC(=O)c4ccc(-c5cc(Cl)cc(Cl)c5Cl)c(N)n4)CC3)CC2)[C@H]1c1cccnc1. The Labute approximate surface area is 401 Å². The van der Waals surface area contributed by atoms with Crippen LogP contribution in [0.2, 0.25) is 15.1 Å². The summed E-state index contributed by atoms with van der Waals surface area (Å²) in [6, 6.07) is 9.78. The summed E-state index contributed by atoms with van der Waals surface area (Å²) in [5.41, 5.74) is 8.14. The Morgan fingerprint density at radius 3 is 2.23 bits per heavy atom. The Kier molecular flexibility index (Phi) is 19.7. The van der Waals surface area contributed by atoms with Gasteiger partial charge in [-0.3, -0.25) is 29.0 Å². The molecule has 3 heterocycles. The number of nitrogens with one attached hydrogen (secondary N) is 4. The summed E-state index contributed by atoms with van der Waals surface area (Å²) < 4.78 is 17.8. The maximum atomic E-state index is 13.0. The summed E-state index contributed by atoms with van der Waals surface area (Å²) in [6.07, 6.45) is 11.9. The van der Waals surface area contributed by atoms with Crippen LogP contribution < -0.4 is 27.0 Å². The molecule has 2 saturated carbocycles. The highest BCUT2D eigenvalue weighted by molar-refractivity contribution is 6.45. The van der Waals surface area contributed by atoms with E-state index in [0.29, 0.717) is 68.3 Å². The number of carbonyl (C=O) groups is 5. The monoisotopic (exact) mass is 970 g/mol. The summed E-state index contributed by atoms with van der Waals surface area (Å²) in [4.78, 5) is 73.5. The highest BCUT2D eigenvalue weighted by Crippen LogP contribution is 2.39. The summed E-state index contributed by atoms with van der Waals surface area (Å²) >= 11 is 18.6. The molecule has 0 spiro atoms. The van der Waals surface area contributed by atoms with Gasteiger partial charge in [-0.1, -0.05) is 40.9 Å². The summed E-state index contributed by atoms with van der Waals surface area (Å²) in [5, 5.41) is 12.8. The summed E-state index contributed by atoms with van der Waals surface area (Å²) in [5.74, 6) is -1.02. The zero-order valence-corrected chi connectivity index (χ0v) is 39.6. The number of hydrogen-bond donors (Lipinski definition) is 5. The van der Waals surface area contributed by atoms with Crippen molar-refractivity contribution in [2.45, 2.75) is 101 Å². The number of anilines is 1. The van der Waals surface area contributed by atoms with Crippen LogP contribution in [0.3, 0.4) is 0 Å². The van der Waals surface area contributed by atoms with E-state index in [1.54, 1.807) is 42.5 Å². The van der Waals surface area contributed by atoms with Crippen LogP contribution in [0.1, 0.15) is 99.1 Å². The van der Waals surface area contributed by atoms with E-state index < -0.39 is 11.8 Å². The van der Waals surface area contributed by atoms with Gasteiger partial charge in [-0.15, -0.1) is 0 Å². The van der Waals surface area contributed by atoms with Crippen molar-refractivity contribution >= 4 is 70.2 Å². The van der Waals surface area contributed by atoms with Crippen molar-refractivity contribution in [3.05, 3.63) is 75.1 Å². The van der Waals surface area contributed by atoms with Crippen molar-refractivity contribution in [2.24, 2.45) is 11.8 Å². The molecule has 66 heavy (non-hydrogen) atoms. The van der Waals surface area contributed by atoms with Crippen LogP contribution in [-0.2, 0) is 33.4 Å². The van der Waals surface area contributed by atoms with Crippen LogP contribution in [0.5, 0.6) is 0 Å². The van der Waals surface area contributed by atoms with Gasteiger partial charge in [0.05, 0.1) is 47.4 Å². The molecular weight excluding hydrogens is 911 g/mol. The Morgan fingerprint density at radius 1 is 0.803 bits per heavy atom. The second kappa shape index (κ2) is 25.5. The van der Waals surface area contributed by atoms with Gasteiger partial charge in [-0.2, -0.15) is 0 Å². The third-order valence-corrected chi connectivity index (χ3v) is 13.4. The average Bonchev–Trinajstić information content (AvgIpc) is 3.62. The van der Waals surface area contributed by atoms with Crippen LogP contribution in [-0.4, -0.2) is 116 Å². The van der Waals surface area contributed by atoms with Crippen molar-refractivity contribution in [1.29, 1.82) is 0 Å². The van der Waals surface area contributed by atoms with Gasteiger partial charge in [0.25, 0.3) is 5.91 Å². The fourth-order valence-corrected chi connectivity index (χ4v) is 9.54. The molecule has 3 aliphatic rings. The van der Waals surface area contributed by atoms with Crippen molar-refractivity contribution in [3.63, 3.8) is 0 Å². The number of nitrogens with zero attached hydrogens (tertiary/aromatic N) is 3. The van der Waals surface area contributed by atoms with Crippen LogP contribution >= 0.6 is 34.8 Å². The molecule has 1 aromatic carbocycles. The van der Waals surface area contributed by atoms with Gasteiger partial charge in [-0.25, -0.2) is 4.98 Å². The number of carbonyl (C=O) groups excluding carboxylic acids is 5. The average molecular weight is 972 g/mol. The van der Waals surface area contributed by atoms with Crippen LogP contribution in [0.15, 0.2) is 48.8 Å². The number of likely N-dealkylation sites (tertiary alicyclic amines) is 1. The maximum absolute atomic E-state index is 13.0. The van der Waals surface area contributed by atoms with E-state index in [1.807, 2.05) is 12.1 Å². The topological polar surface area (TPSA) is 216 Å². The predicted octanol–water partition coefficient (Wildman–Crippen LogP) is 6.07. The number of ether oxygens (including phenoxy) is 3. The minimum atomic E-state index is -0.469. The van der Waals surface area contributed by atoms with Gasteiger partial charge >= 0.3 is 0 Å². The zero-order chi connectivity index (χ0) is 47.0. The molecular formula is C47H61Cl3N8O8. The van der Waals surface area contributed by atoms with Gasteiger partial charge in [0.15, 0.2) is 0 Å². The third kappa shape index (κ3) is 14.7. The van der Waals surface area contributed by atoms with Crippen LogP contribution in [0.25, 0.3) is 11.1 Å². The first-order valence-corrected chi connectivity index (χ1v) is 24.0. The molecule has 2 aromatic heterocycles. The van der Waals surface area contributed by atoms with E-state index in [1.165, 1.54) is 6.07 Å². The summed E-state index contributed by atoms with van der Waals surface area (Å²) in [7, 11) is 1.73. The first-order chi connectivity index (χ1) is 31.9. The van der Waals surface area contributed by atoms with Gasteiger partial charge < -0.3 is 46.1 Å². The number of pyridine rings is 2. The molecule has 1 aliphatic heterocycles. The molecule has 16 nitrogen and oxygen atoms in total. The molecule has 1 saturated heterocycles. The van der Waals surface area contributed by atoms with Gasteiger partial charge in [0.1, 0.15) is 11.5 Å². The Balaban J connectivity index is 0.734. The minimum absolute atomic E-state index is 0.0104. The van der Waals surface area contributed by atoms with Gasteiger partial charge in [0, 0.05) is 93.2 Å². The smallest absolute Gasteiger partial charge is 0.270 e. The first-order valence-electron chi connectivity index (χ1n) is 22.9. The number of halogens is 3. The lowest BCUT2D eigenvalue weighted by atomic mass is 9.85. The van der Waals surface area contributed by atoms with E-state index >= 15 is 0 Å². The number of aromatic nitrogens is 2. The Hall–Kier alpha value is -4.58. The van der Waals surface area contributed by atoms with E-state index in [-0.39, 0.29) is 95.0 Å². The molecule has 0 unspecified atom stereocenters. The predicted molar refractivity (Wildman–Crippen MR) is 252 cm³/mol. The molecule has 3 fully saturated rings. The highest BCUT2D eigenvalue weighted by Gasteiger charge is 2.42. The minimum Gasteiger partial charge on any atom is -0.383 e. The van der Waals surface area contributed by atoms with E-state index in [9.17, 15) is 24.0 Å². The molecule has 6 N–H and O–H groups in total. The number of hydrogen-bond acceptors (Lipinski definition) is 11.